The Balaban J connectivity index is 2.46. The zero-order valence-electron chi connectivity index (χ0n) is 8.03. The number of thiazole rings is 1. The molecule has 0 fully saturated rings. The lowest BCUT2D eigenvalue weighted by Crippen LogP contribution is -2.04. The molecule has 0 N–H and O–H groups in total. The molecule has 0 radical (unpaired) electrons. The Morgan fingerprint density at radius 1 is 1.47 bits per heavy atom. The number of hydrogen-bond acceptors (Lipinski definition) is 3. The van der Waals surface area contributed by atoms with E-state index < -0.39 is 5.82 Å². The summed E-state index contributed by atoms with van der Waals surface area (Å²) >= 11 is 1.32. The molecule has 0 amide bonds. The number of halogens is 1. The topological polar surface area (TPSA) is 30.0 Å². The second kappa shape index (κ2) is 3.90. The van der Waals surface area contributed by atoms with Crippen molar-refractivity contribution in [2.45, 2.75) is 6.92 Å². The maximum Gasteiger partial charge on any atom is 0.215 e. The van der Waals surface area contributed by atoms with Gasteiger partial charge in [0.1, 0.15) is 11.5 Å². The average molecular weight is 221 g/mol. The van der Waals surface area contributed by atoms with Crippen LogP contribution in [0, 0.1) is 12.7 Å². The Morgan fingerprint density at radius 2 is 2.27 bits per heavy atom. The van der Waals surface area contributed by atoms with Crippen LogP contribution in [0.2, 0.25) is 0 Å². The van der Waals surface area contributed by atoms with E-state index in [-0.39, 0.29) is 11.3 Å². The van der Waals surface area contributed by atoms with Crippen molar-refractivity contribution in [1.82, 2.24) is 4.98 Å². The van der Waals surface area contributed by atoms with E-state index in [9.17, 15) is 9.18 Å². The van der Waals surface area contributed by atoms with Gasteiger partial charge in [-0.05, 0) is 19.1 Å². The predicted octanol–water partition coefficient (Wildman–Crippen LogP) is 2.82. The number of aryl methyl sites for hydroxylation is 1. The quantitative estimate of drug-likeness (QED) is 0.730. The van der Waals surface area contributed by atoms with Crippen LogP contribution in [0.15, 0.2) is 29.1 Å². The number of benzene rings is 1. The van der Waals surface area contributed by atoms with Crippen molar-refractivity contribution in [2.75, 3.05) is 0 Å². The number of nitrogens with zero attached hydrogens (tertiary/aromatic N) is 1. The monoisotopic (exact) mass is 221 g/mol. The van der Waals surface area contributed by atoms with Gasteiger partial charge in [0.05, 0.1) is 11.1 Å². The smallest absolute Gasteiger partial charge is 0.215 e. The van der Waals surface area contributed by atoms with Crippen molar-refractivity contribution in [3.05, 3.63) is 51.7 Å². The van der Waals surface area contributed by atoms with Gasteiger partial charge in [-0.15, -0.1) is 11.3 Å². The number of aromatic nitrogens is 1. The third-order valence-corrected chi connectivity index (χ3v) is 2.62. The van der Waals surface area contributed by atoms with Crippen molar-refractivity contribution in [1.29, 1.82) is 0 Å². The van der Waals surface area contributed by atoms with Gasteiger partial charge in [0.2, 0.25) is 5.78 Å². The van der Waals surface area contributed by atoms with Crippen LogP contribution in [0.5, 0.6) is 0 Å². The summed E-state index contributed by atoms with van der Waals surface area (Å²) < 4.78 is 13.4. The van der Waals surface area contributed by atoms with Gasteiger partial charge in [0.25, 0.3) is 0 Å². The first-order valence-corrected chi connectivity index (χ1v) is 5.32. The molecule has 0 aliphatic heterocycles. The highest BCUT2D eigenvalue weighted by atomic mass is 32.1. The molecule has 2 rings (SSSR count). The molecule has 0 atom stereocenters. The highest BCUT2D eigenvalue weighted by Gasteiger charge is 2.15. The first-order valence-electron chi connectivity index (χ1n) is 4.37. The maximum atomic E-state index is 13.4. The minimum atomic E-state index is -0.501. The van der Waals surface area contributed by atoms with Crippen LogP contribution in [0.1, 0.15) is 21.6 Å². The summed E-state index contributed by atoms with van der Waals surface area (Å²) in [5.41, 5.74) is 2.79. The number of hydrogen-bond donors (Lipinski definition) is 0. The summed E-state index contributed by atoms with van der Waals surface area (Å²) in [5.74, 6) is -0.865. The Kier molecular flexibility index (Phi) is 2.60. The van der Waals surface area contributed by atoms with Gasteiger partial charge in [-0.2, -0.15) is 0 Å². The predicted molar refractivity (Wildman–Crippen MR) is 56.7 cm³/mol. The Labute approximate surface area is 90.4 Å². The van der Waals surface area contributed by atoms with E-state index in [0.29, 0.717) is 5.69 Å². The second-order valence-electron chi connectivity index (χ2n) is 3.19. The fourth-order valence-electron chi connectivity index (χ4n) is 1.28. The summed E-state index contributed by atoms with van der Waals surface area (Å²) in [6.07, 6.45) is 0. The van der Waals surface area contributed by atoms with Crippen molar-refractivity contribution in [3.8, 4) is 0 Å². The lowest BCUT2D eigenvalue weighted by Gasteiger charge is -2.01. The number of carbonyl (C=O) groups is 1. The van der Waals surface area contributed by atoms with E-state index in [0.717, 1.165) is 5.56 Å². The normalized spacial score (nSPS) is 10.3. The van der Waals surface area contributed by atoms with E-state index in [1.165, 1.54) is 23.5 Å². The highest BCUT2D eigenvalue weighted by Crippen LogP contribution is 2.15. The van der Waals surface area contributed by atoms with Crippen LogP contribution >= 0.6 is 11.3 Å². The third-order valence-electron chi connectivity index (χ3n) is 2.03. The molecule has 2 nitrogen and oxygen atoms in total. The van der Waals surface area contributed by atoms with Gasteiger partial charge >= 0.3 is 0 Å². The molecule has 0 spiro atoms. The van der Waals surface area contributed by atoms with Gasteiger partial charge in [0, 0.05) is 5.38 Å². The zero-order chi connectivity index (χ0) is 10.8. The molecular weight excluding hydrogens is 213 g/mol. The molecule has 0 saturated heterocycles. The van der Waals surface area contributed by atoms with Gasteiger partial charge in [0.15, 0.2) is 0 Å². The van der Waals surface area contributed by atoms with Crippen LogP contribution in [-0.4, -0.2) is 10.8 Å². The zero-order valence-corrected chi connectivity index (χ0v) is 8.84. The Hall–Kier alpha value is -1.55. The van der Waals surface area contributed by atoms with Gasteiger partial charge in [-0.25, -0.2) is 9.37 Å². The van der Waals surface area contributed by atoms with Crippen molar-refractivity contribution in [3.63, 3.8) is 0 Å². The summed E-state index contributed by atoms with van der Waals surface area (Å²) in [6.45, 7) is 1.82. The summed E-state index contributed by atoms with van der Waals surface area (Å²) in [4.78, 5) is 15.7. The third kappa shape index (κ3) is 1.94. The lowest BCUT2D eigenvalue weighted by molar-refractivity contribution is 0.103. The van der Waals surface area contributed by atoms with Crippen LogP contribution < -0.4 is 0 Å². The largest absolute Gasteiger partial charge is 0.287 e. The van der Waals surface area contributed by atoms with Gasteiger partial charge in [-0.1, -0.05) is 11.6 Å². The molecule has 1 aromatic carbocycles. The number of rotatable bonds is 2. The lowest BCUT2D eigenvalue weighted by atomic mass is 10.1. The molecule has 1 aromatic heterocycles. The Morgan fingerprint density at radius 3 is 2.93 bits per heavy atom. The molecule has 0 aliphatic rings. The molecule has 1 heterocycles. The molecule has 15 heavy (non-hydrogen) atoms. The van der Waals surface area contributed by atoms with Gasteiger partial charge < -0.3 is 0 Å². The maximum absolute atomic E-state index is 13.4. The summed E-state index contributed by atoms with van der Waals surface area (Å²) in [6, 6.07) is 4.47. The molecule has 2 aromatic rings. The number of ketones is 1. The first kappa shape index (κ1) is 9.98. The molecule has 0 unspecified atom stereocenters. The van der Waals surface area contributed by atoms with Crippen LogP contribution in [0.3, 0.4) is 0 Å². The van der Waals surface area contributed by atoms with Crippen LogP contribution in [0.25, 0.3) is 0 Å². The fraction of sp³-hybridized carbons (Fsp3) is 0.0909. The van der Waals surface area contributed by atoms with Crippen molar-refractivity contribution < 1.29 is 9.18 Å². The van der Waals surface area contributed by atoms with Crippen molar-refractivity contribution in [2.24, 2.45) is 0 Å². The van der Waals surface area contributed by atoms with E-state index in [4.69, 9.17) is 0 Å². The van der Waals surface area contributed by atoms with Crippen LogP contribution in [0.4, 0.5) is 4.39 Å². The van der Waals surface area contributed by atoms with E-state index in [2.05, 4.69) is 4.98 Å². The molecule has 0 bridgehead atoms. The standard InChI is InChI=1S/C11H8FNOS/c1-7-2-3-9(12)8(4-7)11(14)10-5-15-6-13-10/h2-6H,1H3. The minimum Gasteiger partial charge on any atom is -0.287 e. The first-order chi connectivity index (χ1) is 7.18. The fourth-order valence-corrected chi connectivity index (χ4v) is 1.81. The summed E-state index contributed by atoms with van der Waals surface area (Å²) in [7, 11) is 0. The SMILES string of the molecule is Cc1ccc(F)c(C(=O)c2cscn2)c1. The molecular formula is C11H8FNOS. The molecule has 4 heteroatoms. The number of carbonyl (C=O) groups excluding carboxylic acids is 1. The second-order valence-corrected chi connectivity index (χ2v) is 3.90. The minimum absolute atomic E-state index is 0.0842. The Bertz CT molecular complexity index is 493. The van der Waals surface area contributed by atoms with Crippen LogP contribution in [-0.2, 0) is 0 Å². The van der Waals surface area contributed by atoms with E-state index in [1.54, 1.807) is 17.0 Å². The summed E-state index contributed by atoms with van der Waals surface area (Å²) in [5, 5.41) is 1.62. The van der Waals surface area contributed by atoms with E-state index in [1.807, 2.05) is 6.92 Å². The molecule has 76 valence electrons. The molecule has 0 saturated carbocycles. The highest BCUT2D eigenvalue weighted by molar-refractivity contribution is 7.07. The van der Waals surface area contributed by atoms with Gasteiger partial charge in [-0.3, -0.25) is 4.79 Å². The average Bonchev–Trinajstić information content (AvgIpc) is 2.74. The van der Waals surface area contributed by atoms with E-state index >= 15 is 0 Å². The molecule has 0 aliphatic carbocycles. The van der Waals surface area contributed by atoms with Crippen molar-refractivity contribution >= 4 is 17.1 Å².